The van der Waals surface area contributed by atoms with Gasteiger partial charge in [0.15, 0.2) is 0 Å². The molecule has 170 valence electrons. The quantitative estimate of drug-likeness (QED) is 0.578. The van der Waals surface area contributed by atoms with E-state index in [1.54, 1.807) is 42.5 Å². The second-order valence-electron chi connectivity index (χ2n) is 7.91. The van der Waals surface area contributed by atoms with Crippen LogP contribution in [0, 0.1) is 0 Å². The predicted octanol–water partition coefficient (Wildman–Crippen LogP) is 3.96. The van der Waals surface area contributed by atoms with Crippen LogP contribution in [0.5, 0.6) is 0 Å². The van der Waals surface area contributed by atoms with Gasteiger partial charge in [0.25, 0.3) is 15.9 Å². The molecule has 33 heavy (non-hydrogen) atoms. The molecule has 6 nitrogen and oxygen atoms in total. The van der Waals surface area contributed by atoms with Gasteiger partial charge in [0.05, 0.1) is 4.90 Å². The zero-order valence-electron chi connectivity index (χ0n) is 18.3. The summed E-state index contributed by atoms with van der Waals surface area (Å²) in [6, 6.07) is 25.0. The zero-order valence-corrected chi connectivity index (χ0v) is 19.1. The van der Waals surface area contributed by atoms with Crippen LogP contribution in [0.4, 0.5) is 5.69 Å². The second kappa shape index (κ2) is 10.5. The molecule has 3 aromatic carbocycles. The highest BCUT2D eigenvalue weighted by molar-refractivity contribution is 7.92. The maximum Gasteiger partial charge on any atom is 0.261 e. The number of sulfonamides is 1. The molecule has 0 saturated carbocycles. The summed E-state index contributed by atoms with van der Waals surface area (Å²) in [4.78, 5) is 17.3. The molecular formula is C26H27N3O3S. The summed E-state index contributed by atoms with van der Waals surface area (Å²) in [7, 11) is -3.70. The summed E-state index contributed by atoms with van der Waals surface area (Å²) in [5, 5.41) is 0. The Balaban J connectivity index is 1.33. The number of hydrogen-bond acceptors (Lipinski definition) is 4. The van der Waals surface area contributed by atoms with Gasteiger partial charge in [-0.05, 0) is 35.9 Å². The normalized spacial score (nSPS) is 15.0. The van der Waals surface area contributed by atoms with Gasteiger partial charge in [-0.25, -0.2) is 8.42 Å². The number of piperazine rings is 1. The van der Waals surface area contributed by atoms with Crippen molar-refractivity contribution in [3.63, 3.8) is 0 Å². The van der Waals surface area contributed by atoms with Crippen LogP contribution in [0.3, 0.4) is 0 Å². The fraction of sp³-hybridized carbons (Fsp3) is 0.192. The molecule has 1 heterocycles. The third-order valence-corrected chi connectivity index (χ3v) is 6.95. The van der Waals surface area contributed by atoms with Gasteiger partial charge in [-0.1, -0.05) is 66.7 Å². The van der Waals surface area contributed by atoms with Gasteiger partial charge in [-0.2, -0.15) is 0 Å². The average molecular weight is 462 g/mol. The first kappa shape index (κ1) is 22.8. The van der Waals surface area contributed by atoms with Crippen LogP contribution in [0.25, 0.3) is 6.08 Å². The summed E-state index contributed by atoms with van der Waals surface area (Å²) in [6.07, 6.45) is 4.26. The highest BCUT2D eigenvalue weighted by atomic mass is 32.2. The van der Waals surface area contributed by atoms with Gasteiger partial charge >= 0.3 is 0 Å². The second-order valence-corrected chi connectivity index (χ2v) is 9.59. The number of nitrogens with zero attached hydrogens (tertiary/aromatic N) is 2. The SMILES string of the molecule is O=C(c1cccc(NS(=O)(=O)c2ccccc2)c1)N1CCN(C/C=C/c2ccccc2)CC1. The van der Waals surface area contributed by atoms with E-state index in [1.807, 2.05) is 23.1 Å². The van der Waals surface area contributed by atoms with E-state index in [1.165, 1.54) is 17.7 Å². The third-order valence-electron chi connectivity index (χ3n) is 5.55. The van der Waals surface area contributed by atoms with E-state index in [4.69, 9.17) is 0 Å². The Kier molecular flexibility index (Phi) is 7.22. The Morgan fingerprint density at radius 1 is 0.848 bits per heavy atom. The first-order chi connectivity index (χ1) is 16.0. The number of benzene rings is 3. The zero-order chi connectivity index (χ0) is 23.1. The molecule has 0 aromatic heterocycles. The molecule has 1 N–H and O–H groups in total. The molecule has 1 aliphatic heterocycles. The average Bonchev–Trinajstić information content (AvgIpc) is 2.85. The summed E-state index contributed by atoms with van der Waals surface area (Å²) < 4.78 is 27.7. The fourth-order valence-electron chi connectivity index (χ4n) is 3.75. The van der Waals surface area contributed by atoms with E-state index < -0.39 is 10.0 Å². The third kappa shape index (κ3) is 6.09. The van der Waals surface area contributed by atoms with Crippen molar-refractivity contribution in [1.29, 1.82) is 0 Å². The van der Waals surface area contributed by atoms with Crippen LogP contribution < -0.4 is 4.72 Å². The monoisotopic (exact) mass is 461 g/mol. The Hall–Kier alpha value is -3.42. The molecule has 0 aliphatic carbocycles. The summed E-state index contributed by atoms with van der Waals surface area (Å²) >= 11 is 0. The predicted molar refractivity (Wildman–Crippen MR) is 132 cm³/mol. The Bertz CT molecular complexity index is 1200. The smallest absolute Gasteiger partial charge is 0.261 e. The largest absolute Gasteiger partial charge is 0.336 e. The lowest BCUT2D eigenvalue weighted by Crippen LogP contribution is -2.48. The molecule has 7 heteroatoms. The molecule has 1 amide bonds. The van der Waals surface area contributed by atoms with Crippen molar-refractivity contribution in [3.05, 3.63) is 102 Å². The molecule has 0 spiro atoms. The van der Waals surface area contributed by atoms with Crippen molar-refractivity contribution in [3.8, 4) is 0 Å². The number of carbonyl (C=O) groups is 1. The highest BCUT2D eigenvalue weighted by Crippen LogP contribution is 2.18. The summed E-state index contributed by atoms with van der Waals surface area (Å²) in [5.41, 5.74) is 2.02. The maximum absolute atomic E-state index is 13.0. The number of carbonyl (C=O) groups excluding carboxylic acids is 1. The lowest BCUT2D eigenvalue weighted by atomic mass is 10.1. The van der Waals surface area contributed by atoms with Gasteiger partial charge in [-0.3, -0.25) is 14.4 Å². The lowest BCUT2D eigenvalue weighted by molar-refractivity contribution is 0.0650. The Morgan fingerprint density at radius 2 is 1.52 bits per heavy atom. The number of hydrogen-bond donors (Lipinski definition) is 1. The van der Waals surface area contributed by atoms with Crippen molar-refractivity contribution in [2.75, 3.05) is 37.4 Å². The van der Waals surface area contributed by atoms with E-state index >= 15 is 0 Å². The molecule has 1 aliphatic rings. The summed E-state index contributed by atoms with van der Waals surface area (Å²) in [6.45, 7) is 3.71. The minimum absolute atomic E-state index is 0.0877. The van der Waals surface area contributed by atoms with E-state index in [9.17, 15) is 13.2 Å². The molecule has 3 aromatic rings. The van der Waals surface area contributed by atoms with Gasteiger partial charge in [0, 0.05) is 44.0 Å². The van der Waals surface area contributed by atoms with Crippen LogP contribution in [0.1, 0.15) is 15.9 Å². The minimum Gasteiger partial charge on any atom is -0.336 e. The van der Waals surface area contributed by atoms with Gasteiger partial charge in [0.1, 0.15) is 0 Å². The lowest BCUT2D eigenvalue weighted by Gasteiger charge is -2.34. The minimum atomic E-state index is -3.70. The van der Waals surface area contributed by atoms with Crippen molar-refractivity contribution in [2.24, 2.45) is 0 Å². The molecule has 1 saturated heterocycles. The molecular weight excluding hydrogens is 434 g/mol. The van der Waals surface area contributed by atoms with E-state index in [-0.39, 0.29) is 10.8 Å². The molecule has 1 fully saturated rings. The molecule has 4 rings (SSSR count). The van der Waals surface area contributed by atoms with Crippen LogP contribution in [-0.2, 0) is 10.0 Å². The topological polar surface area (TPSA) is 69.7 Å². The van der Waals surface area contributed by atoms with Crippen molar-refractivity contribution < 1.29 is 13.2 Å². The molecule has 0 radical (unpaired) electrons. The molecule has 0 atom stereocenters. The first-order valence-corrected chi connectivity index (χ1v) is 12.4. The van der Waals surface area contributed by atoms with Crippen LogP contribution >= 0.6 is 0 Å². The van der Waals surface area contributed by atoms with Crippen LogP contribution in [0.2, 0.25) is 0 Å². The van der Waals surface area contributed by atoms with Gasteiger partial charge in [-0.15, -0.1) is 0 Å². The maximum atomic E-state index is 13.0. The van der Waals surface area contributed by atoms with Crippen molar-refractivity contribution in [2.45, 2.75) is 4.90 Å². The van der Waals surface area contributed by atoms with Gasteiger partial charge < -0.3 is 4.90 Å². The standard InChI is InChI=1S/C26H27N3O3S/c30-26(29-19-17-28(18-20-29)16-8-11-22-9-3-1-4-10-22)23-12-7-13-24(21-23)27-33(31,32)25-14-5-2-6-15-25/h1-15,21,27H,16-20H2/b11-8+. The number of amides is 1. The number of anilines is 1. The van der Waals surface area contributed by atoms with Crippen molar-refractivity contribution >= 4 is 27.7 Å². The van der Waals surface area contributed by atoms with Crippen molar-refractivity contribution in [1.82, 2.24) is 9.80 Å². The highest BCUT2D eigenvalue weighted by Gasteiger charge is 2.22. The van der Waals surface area contributed by atoms with E-state index in [2.05, 4.69) is 33.9 Å². The number of rotatable bonds is 7. The summed E-state index contributed by atoms with van der Waals surface area (Å²) in [5.74, 6) is -0.0877. The van der Waals surface area contributed by atoms with E-state index in [0.717, 1.165) is 19.6 Å². The number of nitrogens with one attached hydrogen (secondary N) is 1. The Morgan fingerprint density at radius 3 is 2.21 bits per heavy atom. The molecule has 0 unspecified atom stereocenters. The van der Waals surface area contributed by atoms with Crippen LogP contribution in [-0.4, -0.2) is 56.8 Å². The Labute approximate surface area is 195 Å². The fourth-order valence-corrected chi connectivity index (χ4v) is 4.82. The van der Waals surface area contributed by atoms with E-state index in [0.29, 0.717) is 24.3 Å². The first-order valence-electron chi connectivity index (χ1n) is 10.9. The van der Waals surface area contributed by atoms with Crippen LogP contribution in [0.15, 0.2) is 95.9 Å². The van der Waals surface area contributed by atoms with Gasteiger partial charge in [0.2, 0.25) is 0 Å². The molecule has 0 bridgehead atoms.